The van der Waals surface area contributed by atoms with Gasteiger partial charge in [-0.15, -0.1) is 0 Å². The minimum Gasteiger partial charge on any atom is -0.385 e. The Morgan fingerprint density at radius 2 is 1.68 bits per heavy atom. The van der Waals surface area contributed by atoms with Crippen molar-refractivity contribution in [2.45, 2.75) is 24.2 Å². The lowest BCUT2D eigenvalue weighted by atomic mass is 10.3. The van der Waals surface area contributed by atoms with E-state index in [9.17, 15) is 8.42 Å². The number of nitrogens with one attached hydrogen (secondary N) is 2. The number of rotatable bonds is 8. The highest BCUT2D eigenvalue weighted by atomic mass is 32.2. The Labute approximate surface area is 149 Å². The van der Waals surface area contributed by atoms with Crippen LogP contribution in [-0.2, 0) is 10.0 Å². The topological polar surface area (TPSA) is 74.3 Å². The van der Waals surface area contributed by atoms with Gasteiger partial charge >= 0.3 is 0 Å². The molecule has 1 saturated heterocycles. The fourth-order valence-electron chi connectivity index (χ4n) is 2.81. The molecule has 0 saturated carbocycles. The lowest BCUT2D eigenvalue weighted by Crippen LogP contribution is -2.27. The zero-order valence-electron chi connectivity index (χ0n) is 14.2. The van der Waals surface area contributed by atoms with Crippen LogP contribution in [0, 0.1) is 0 Å². The zero-order valence-corrected chi connectivity index (χ0v) is 15.0. The number of aromatic nitrogens is 1. The molecule has 1 aliphatic rings. The van der Waals surface area contributed by atoms with E-state index in [2.05, 4.69) is 15.6 Å². The zero-order chi connectivity index (χ0) is 17.5. The van der Waals surface area contributed by atoms with E-state index in [4.69, 9.17) is 0 Å². The standard InChI is InChI=1S/C18H24N4O2S/c23-25(24,22-13-4-5-14-22)17-9-10-18(21-15-17)20-12-6-11-19-16-7-2-1-3-8-16/h1-3,7-10,15,19H,4-6,11-14H2,(H,20,21). The van der Waals surface area contributed by atoms with Crippen LogP contribution < -0.4 is 10.6 Å². The molecule has 0 bridgehead atoms. The summed E-state index contributed by atoms with van der Waals surface area (Å²) in [5.41, 5.74) is 1.11. The van der Waals surface area contributed by atoms with Crippen LogP contribution in [0.15, 0.2) is 53.6 Å². The molecule has 1 aromatic heterocycles. The van der Waals surface area contributed by atoms with Crippen LogP contribution in [0.5, 0.6) is 0 Å². The van der Waals surface area contributed by atoms with Gasteiger partial charge in [0.25, 0.3) is 0 Å². The van der Waals surface area contributed by atoms with Gasteiger partial charge in [0.1, 0.15) is 10.7 Å². The summed E-state index contributed by atoms with van der Waals surface area (Å²) < 4.78 is 26.4. The van der Waals surface area contributed by atoms with Crippen LogP contribution in [-0.4, -0.2) is 43.9 Å². The smallest absolute Gasteiger partial charge is 0.244 e. The summed E-state index contributed by atoms with van der Waals surface area (Å²) >= 11 is 0. The van der Waals surface area contributed by atoms with Gasteiger partial charge in [-0.25, -0.2) is 13.4 Å². The molecule has 25 heavy (non-hydrogen) atoms. The van der Waals surface area contributed by atoms with Gasteiger partial charge < -0.3 is 10.6 Å². The van der Waals surface area contributed by atoms with Gasteiger partial charge in [-0.1, -0.05) is 18.2 Å². The molecular formula is C18H24N4O2S. The molecule has 0 aliphatic carbocycles. The highest BCUT2D eigenvalue weighted by Crippen LogP contribution is 2.20. The summed E-state index contributed by atoms with van der Waals surface area (Å²) in [6, 6.07) is 13.4. The van der Waals surface area contributed by atoms with Crippen LogP contribution >= 0.6 is 0 Å². The molecule has 3 rings (SSSR count). The Kier molecular flexibility index (Phi) is 5.88. The van der Waals surface area contributed by atoms with Gasteiger partial charge in [0.05, 0.1) is 0 Å². The second kappa shape index (κ2) is 8.31. The van der Waals surface area contributed by atoms with Gasteiger partial charge in [0.2, 0.25) is 10.0 Å². The molecule has 134 valence electrons. The van der Waals surface area contributed by atoms with Crippen molar-refractivity contribution < 1.29 is 8.42 Å². The number of hydrogen-bond donors (Lipinski definition) is 2. The predicted molar refractivity (Wildman–Crippen MR) is 100 cm³/mol. The van der Waals surface area contributed by atoms with Gasteiger partial charge in [0.15, 0.2) is 0 Å². The molecule has 7 heteroatoms. The lowest BCUT2D eigenvalue weighted by molar-refractivity contribution is 0.477. The molecular weight excluding hydrogens is 336 g/mol. The van der Waals surface area contributed by atoms with Crippen LogP contribution in [0.4, 0.5) is 11.5 Å². The maximum absolute atomic E-state index is 12.4. The Morgan fingerprint density at radius 3 is 2.36 bits per heavy atom. The number of pyridine rings is 1. The first-order valence-corrected chi connectivity index (χ1v) is 10.1. The van der Waals surface area contributed by atoms with E-state index in [1.165, 1.54) is 10.5 Å². The Hall–Kier alpha value is -2.12. The fraction of sp³-hybridized carbons (Fsp3) is 0.389. The Bertz CT molecular complexity index is 757. The van der Waals surface area contributed by atoms with Crippen molar-refractivity contribution in [3.05, 3.63) is 48.7 Å². The van der Waals surface area contributed by atoms with E-state index >= 15 is 0 Å². The summed E-state index contributed by atoms with van der Waals surface area (Å²) in [5.74, 6) is 0.695. The van der Waals surface area contributed by atoms with Gasteiger partial charge in [-0.3, -0.25) is 0 Å². The highest BCUT2D eigenvalue weighted by molar-refractivity contribution is 7.89. The molecule has 0 atom stereocenters. The van der Waals surface area contributed by atoms with E-state index < -0.39 is 10.0 Å². The van der Waals surface area contributed by atoms with Crippen molar-refractivity contribution in [1.82, 2.24) is 9.29 Å². The van der Waals surface area contributed by atoms with Crippen molar-refractivity contribution >= 4 is 21.5 Å². The fourth-order valence-corrected chi connectivity index (χ4v) is 4.27. The molecule has 6 nitrogen and oxygen atoms in total. The van der Waals surface area contributed by atoms with Crippen molar-refractivity contribution in [1.29, 1.82) is 0 Å². The van der Waals surface area contributed by atoms with Crippen LogP contribution in [0.2, 0.25) is 0 Å². The normalized spacial score (nSPS) is 15.2. The van der Waals surface area contributed by atoms with Crippen molar-refractivity contribution in [2.24, 2.45) is 0 Å². The average molecular weight is 360 g/mol. The first-order chi connectivity index (χ1) is 12.2. The molecule has 0 radical (unpaired) electrons. The van der Waals surface area contributed by atoms with Crippen LogP contribution in [0.1, 0.15) is 19.3 Å². The number of sulfonamides is 1. The molecule has 1 fully saturated rings. The van der Waals surface area contributed by atoms with Crippen molar-refractivity contribution in [3.63, 3.8) is 0 Å². The number of anilines is 2. The number of nitrogens with zero attached hydrogens (tertiary/aromatic N) is 2. The molecule has 2 heterocycles. The second-order valence-electron chi connectivity index (χ2n) is 6.06. The average Bonchev–Trinajstić information content (AvgIpc) is 3.18. The number of benzene rings is 1. The minimum atomic E-state index is -3.38. The molecule has 0 spiro atoms. The summed E-state index contributed by atoms with van der Waals surface area (Å²) in [4.78, 5) is 4.50. The van der Waals surface area contributed by atoms with Gasteiger partial charge in [0, 0.05) is 38.1 Å². The predicted octanol–water partition coefficient (Wildman–Crippen LogP) is 2.78. The lowest BCUT2D eigenvalue weighted by Gasteiger charge is -2.15. The van der Waals surface area contributed by atoms with E-state index in [-0.39, 0.29) is 4.90 Å². The van der Waals surface area contributed by atoms with Gasteiger partial charge in [-0.2, -0.15) is 4.31 Å². The second-order valence-corrected chi connectivity index (χ2v) is 8.00. The van der Waals surface area contributed by atoms with Crippen LogP contribution in [0.25, 0.3) is 0 Å². The maximum Gasteiger partial charge on any atom is 0.244 e. The quantitative estimate of drug-likeness (QED) is 0.708. The highest BCUT2D eigenvalue weighted by Gasteiger charge is 2.27. The first-order valence-electron chi connectivity index (χ1n) is 8.65. The Balaban J connectivity index is 1.45. The molecule has 1 aliphatic heterocycles. The Morgan fingerprint density at radius 1 is 0.960 bits per heavy atom. The molecule has 1 aromatic carbocycles. The summed E-state index contributed by atoms with van der Waals surface area (Å²) in [6.07, 6.45) is 4.25. The third-order valence-electron chi connectivity index (χ3n) is 4.20. The van der Waals surface area contributed by atoms with Crippen molar-refractivity contribution in [2.75, 3.05) is 36.8 Å². The number of para-hydroxylation sites is 1. The first kappa shape index (κ1) is 17.7. The molecule has 2 aromatic rings. The van der Waals surface area contributed by atoms with E-state index in [1.807, 2.05) is 30.3 Å². The largest absolute Gasteiger partial charge is 0.385 e. The third kappa shape index (κ3) is 4.70. The number of hydrogen-bond acceptors (Lipinski definition) is 5. The van der Waals surface area contributed by atoms with Crippen LogP contribution in [0.3, 0.4) is 0 Å². The molecule has 0 unspecified atom stereocenters. The summed E-state index contributed by atoms with van der Waals surface area (Å²) in [6.45, 7) is 2.84. The molecule has 0 amide bonds. The van der Waals surface area contributed by atoms with E-state index in [0.717, 1.165) is 38.0 Å². The minimum absolute atomic E-state index is 0.269. The summed E-state index contributed by atoms with van der Waals surface area (Å²) in [7, 11) is -3.38. The summed E-state index contributed by atoms with van der Waals surface area (Å²) in [5, 5.41) is 6.57. The van der Waals surface area contributed by atoms with E-state index in [1.54, 1.807) is 12.1 Å². The third-order valence-corrected chi connectivity index (χ3v) is 6.08. The SMILES string of the molecule is O=S(=O)(c1ccc(NCCCNc2ccccc2)nc1)N1CCCC1. The maximum atomic E-state index is 12.4. The molecule has 2 N–H and O–H groups in total. The monoisotopic (exact) mass is 360 g/mol. The van der Waals surface area contributed by atoms with E-state index in [0.29, 0.717) is 18.9 Å². The van der Waals surface area contributed by atoms with Crippen molar-refractivity contribution in [3.8, 4) is 0 Å². The van der Waals surface area contributed by atoms with Gasteiger partial charge in [-0.05, 0) is 43.5 Å².